The van der Waals surface area contributed by atoms with Crippen LogP contribution in [-0.4, -0.2) is 82.3 Å². The number of amides is 2. The Kier molecular flexibility index (Phi) is 6.87. The van der Waals surface area contributed by atoms with Crippen LogP contribution < -0.4 is 15.1 Å². The van der Waals surface area contributed by atoms with Crippen molar-refractivity contribution in [1.29, 1.82) is 5.26 Å². The predicted molar refractivity (Wildman–Crippen MR) is 146 cm³/mol. The van der Waals surface area contributed by atoms with Crippen molar-refractivity contribution in [2.24, 2.45) is 13.0 Å². The Balaban J connectivity index is 1.06. The molecule has 1 unspecified atom stereocenters. The highest BCUT2D eigenvalue weighted by atomic mass is 16.2. The van der Waals surface area contributed by atoms with Gasteiger partial charge in [0.2, 0.25) is 17.8 Å². The van der Waals surface area contributed by atoms with E-state index in [0.717, 1.165) is 80.9 Å². The molecule has 0 saturated carbocycles. The number of para-hydroxylation sites is 1. The molecule has 3 aliphatic rings. The van der Waals surface area contributed by atoms with Gasteiger partial charge in [-0.25, -0.2) is 9.97 Å². The van der Waals surface area contributed by atoms with Gasteiger partial charge in [0.05, 0.1) is 40.8 Å². The molecule has 6 rings (SSSR count). The zero-order valence-electron chi connectivity index (χ0n) is 22.2. The van der Waals surface area contributed by atoms with Crippen molar-refractivity contribution in [2.75, 3.05) is 55.6 Å². The number of piperazine rings is 1. The Bertz CT molecular complexity index is 1410. The maximum Gasteiger partial charge on any atom is 0.235 e. The number of anilines is 2. The highest BCUT2D eigenvalue weighted by Crippen LogP contribution is 2.36. The van der Waals surface area contributed by atoms with Crippen LogP contribution in [0.1, 0.15) is 42.9 Å². The van der Waals surface area contributed by atoms with E-state index in [1.165, 1.54) is 0 Å². The van der Waals surface area contributed by atoms with Gasteiger partial charge in [-0.3, -0.25) is 24.5 Å². The average Bonchev–Trinajstić information content (AvgIpc) is 3.30. The van der Waals surface area contributed by atoms with Crippen LogP contribution >= 0.6 is 0 Å². The molecule has 3 aliphatic heterocycles. The summed E-state index contributed by atoms with van der Waals surface area (Å²) >= 11 is 0. The molecule has 11 heteroatoms. The number of piperidine rings is 2. The average molecular weight is 528 g/mol. The Morgan fingerprint density at radius 2 is 1.74 bits per heavy atom. The summed E-state index contributed by atoms with van der Waals surface area (Å²) in [6, 6.07) is 8.32. The summed E-state index contributed by atoms with van der Waals surface area (Å²) in [5, 5.41) is 17.2. The van der Waals surface area contributed by atoms with Crippen LogP contribution in [0.3, 0.4) is 0 Å². The van der Waals surface area contributed by atoms with Gasteiger partial charge in [-0.1, -0.05) is 12.1 Å². The third-order valence-corrected chi connectivity index (χ3v) is 8.34. The maximum atomic E-state index is 12.5. The number of hydrogen-bond donors (Lipinski definition) is 1. The summed E-state index contributed by atoms with van der Waals surface area (Å²) in [4.78, 5) is 40.1. The molecule has 39 heavy (non-hydrogen) atoms. The molecule has 0 bridgehead atoms. The number of carbonyl (C=O) groups is 2. The van der Waals surface area contributed by atoms with Gasteiger partial charge < -0.3 is 9.80 Å². The number of nitrogens with zero attached hydrogens (tertiary/aromatic N) is 8. The van der Waals surface area contributed by atoms with E-state index < -0.39 is 5.92 Å². The van der Waals surface area contributed by atoms with Crippen molar-refractivity contribution < 1.29 is 9.59 Å². The first kappa shape index (κ1) is 25.2. The number of benzene rings is 1. The molecular weight excluding hydrogens is 494 g/mol. The van der Waals surface area contributed by atoms with Gasteiger partial charge in [0, 0.05) is 64.7 Å². The second-order valence-electron chi connectivity index (χ2n) is 10.8. The first-order valence-electron chi connectivity index (χ1n) is 13.7. The number of nitrogens with one attached hydrogen (secondary N) is 1. The molecule has 3 aromatic rings. The van der Waals surface area contributed by atoms with Gasteiger partial charge in [0.25, 0.3) is 0 Å². The van der Waals surface area contributed by atoms with Gasteiger partial charge in [-0.15, -0.1) is 0 Å². The third kappa shape index (κ3) is 5.04. The zero-order valence-corrected chi connectivity index (χ0v) is 22.2. The number of aryl methyl sites for hydroxylation is 1. The Labute approximate surface area is 227 Å². The number of aromatic nitrogens is 4. The quantitative estimate of drug-likeness (QED) is 0.495. The van der Waals surface area contributed by atoms with E-state index in [9.17, 15) is 9.59 Å². The minimum absolute atomic E-state index is 0.206. The van der Waals surface area contributed by atoms with Crippen LogP contribution in [0.25, 0.3) is 10.9 Å². The molecule has 202 valence electrons. The number of fused-ring (bicyclic) bond motifs is 1. The van der Waals surface area contributed by atoms with E-state index in [1.54, 1.807) is 12.4 Å². The summed E-state index contributed by atoms with van der Waals surface area (Å²) in [6.07, 6.45) is 6.29. The first-order valence-corrected chi connectivity index (χ1v) is 13.7. The minimum Gasteiger partial charge on any atom is -0.370 e. The van der Waals surface area contributed by atoms with Gasteiger partial charge in [0.1, 0.15) is 6.07 Å². The summed E-state index contributed by atoms with van der Waals surface area (Å²) < 4.78 is 1.90. The number of imide groups is 1. The molecule has 0 spiro atoms. The Hall–Kier alpha value is -4.04. The standard InChI is InChI=1S/C28H33N9O2/c1-34-26-21(25(33-34)22-5-6-24(38)32-27(22)39)3-2-4-23(26)36-9-7-19(8-10-36)18-35-11-13-37(14-12-35)28-30-16-20(15-29)17-31-28/h2-4,16-17,19,22H,5-14,18H2,1H3,(H,32,38,39). The van der Waals surface area contributed by atoms with Gasteiger partial charge in [0.15, 0.2) is 0 Å². The van der Waals surface area contributed by atoms with Gasteiger partial charge in [-0.05, 0) is 31.2 Å². The van der Waals surface area contributed by atoms with E-state index in [2.05, 4.69) is 48.2 Å². The molecule has 2 aromatic heterocycles. The first-order chi connectivity index (χ1) is 19.0. The lowest BCUT2D eigenvalue weighted by Gasteiger charge is -2.39. The van der Waals surface area contributed by atoms with Gasteiger partial charge >= 0.3 is 0 Å². The van der Waals surface area contributed by atoms with Crippen LogP contribution in [0.15, 0.2) is 30.6 Å². The van der Waals surface area contributed by atoms with E-state index in [4.69, 9.17) is 10.4 Å². The third-order valence-electron chi connectivity index (χ3n) is 8.34. The van der Waals surface area contributed by atoms with E-state index in [0.29, 0.717) is 30.3 Å². The van der Waals surface area contributed by atoms with E-state index in [1.807, 2.05) is 17.8 Å². The fourth-order valence-electron chi connectivity index (χ4n) is 6.20. The van der Waals surface area contributed by atoms with Crippen molar-refractivity contribution in [3.8, 4) is 6.07 Å². The summed E-state index contributed by atoms with van der Waals surface area (Å²) in [5.41, 5.74) is 3.46. The van der Waals surface area contributed by atoms with Gasteiger partial charge in [-0.2, -0.15) is 10.4 Å². The number of nitriles is 1. The molecule has 3 saturated heterocycles. The second kappa shape index (κ2) is 10.6. The van der Waals surface area contributed by atoms with Crippen LogP contribution in [0.5, 0.6) is 0 Å². The van der Waals surface area contributed by atoms with Crippen LogP contribution in [0, 0.1) is 17.2 Å². The molecule has 1 atom stereocenters. The van der Waals surface area contributed by atoms with Crippen molar-refractivity contribution in [2.45, 2.75) is 31.6 Å². The molecule has 5 heterocycles. The zero-order chi connectivity index (χ0) is 26.9. The molecule has 3 fully saturated rings. The van der Waals surface area contributed by atoms with Crippen LogP contribution in [0.4, 0.5) is 11.6 Å². The molecule has 0 radical (unpaired) electrons. The van der Waals surface area contributed by atoms with Crippen molar-refractivity contribution in [1.82, 2.24) is 30.0 Å². The largest absolute Gasteiger partial charge is 0.370 e. The molecule has 2 amide bonds. The fraction of sp³-hybridized carbons (Fsp3) is 0.500. The van der Waals surface area contributed by atoms with Crippen molar-refractivity contribution in [3.63, 3.8) is 0 Å². The smallest absolute Gasteiger partial charge is 0.235 e. The predicted octanol–water partition coefficient (Wildman–Crippen LogP) is 1.79. The van der Waals surface area contributed by atoms with E-state index >= 15 is 0 Å². The molecular formula is C28H33N9O2. The summed E-state index contributed by atoms with van der Waals surface area (Å²) in [6.45, 7) is 6.84. The summed E-state index contributed by atoms with van der Waals surface area (Å²) in [5.74, 6) is 0.511. The topological polar surface area (TPSA) is 123 Å². The Morgan fingerprint density at radius 1 is 1.00 bits per heavy atom. The number of carbonyl (C=O) groups excluding carboxylic acids is 2. The van der Waals surface area contributed by atoms with E-state index in [-0.39, 0.29) is 11.8 Å². The van der Waals surface area contributed by atoms with Crippen LogP contribution in [0.2, 0.25) is 0 Å². The minimum atomic E-state index is -0.392. The molecule has 0 aliphatic carbocycles. The second-order valence-corrected chi connectivity index (χ2v) is 10.8. The number of rotatable bonds is 5. The number of hydrogen-bond acceptors (Lipinski definition) is 9. The van der Waals surface area contributed by atoms with Crippen molar-refractivity contribution >= 4 is 34.4 Å². The fourth-order valence-corrected chi connectivity index (χ4v) is 6.20. The molecule has 1 N–H and O–H groups in total. The molecule has 1 aromatic carbocycles. The van der Waals surface area contributed by atoms with Crippen molar-refractivity contribution in [3.05, 3.63) is 41.9 Å². The monoisotopic (exact) mass is 527 g/mol. The maximum absolute atomic E-state index is 12.5. The normalized spacial score (nSPS) is 21.3. The lowest BCUT2D eigenvalue weighted by Crippen LogP contribution is -2.49. The molecule has 11 nitrogen and oxygen atoms in total. The lowest BCUT2D eigenvalue weighted by molar-refractivity contribution is -0.134. The highest BCUT2D eigenvalue weighted by molar-refractivity contribution is 6.03. The SMILES string of the molecule is Cn1nc(C2CCC(=O)NC2=O)c2cccc(N3CCC(CN4CCN(c5ncc(C#N)cn5)CC4)CC3)c21. The highest BCUT2D eigenvalue weighted by Gasteiger charge is 2.33. The summed E-state index contributed by atoms with van der Waals surface area (Å²) in [7, 11) is 1.94. The van der Waals surface area contributed by atoms with Crippen LogP contribution in [-0.2, 0) is 16.6 Å². The Morgan fingerprint density at radius 3 is 2.44 bits per heavy atom. The lowest BCUT2D eigenvalue weighted by atomic mass is 9.92.